The molecule has 1 aromatic heterocycles. The number of halogens is 3. The number of anilines is 1. The van der Waals surface area contributed by atoms with Crippen LogP contribution in [0.15, 0.2) is 48.5 Å². The lowest BCUT2D eigenvalue weighted by atomic mass is 10.0. The van der Waals surface area contributed by atoms with Gasteiger partial charge < -0.3 is 15.2 Å². The number of hydrogen-bond acceptors (Lipinski definition) is 2. The van der Waals surface area contributed by atoms with Gasteiger partial charge in [0.15, 0.2) is 0 Å². The Morgan fingerprint density at radius 1 is 1.08 bits per heavy atom. The van der Waals surface area contributed by atoms with Crippen LogP contribution in [-0.4, -0.2) is 28.5 Å². The number of para-hydroxylation sites is 2. The lowest BCUT2D eigenvalue weighted by Gasteiger charge is -2.38. The summed E-state index contributed by atoms with van der Waals surface area (Å²) >= 11 is 0. The number of aromatic nitrogens is 1. The van der Waals surface area contributed by atoms with E-state index < -0.39 is 24.8 Å². The maximum Gasteiger partial charge on any atom is 0.406 e. The van der Waals surface area contributed by atoms with Crippen molar-refractivity contribution in [3.05, 3.63) is 65.4 Å². The molecule has 2 N–H and O–H groups in total. The van der Waals surface area contributed by atoms with E-state index in [1.54, 1.807) is 25.1 Å². The number of fused-ring (bicyclic) bond motifs is 2. The number of aryl methyl sites for hydroxylation is 1. The third kappa shape index (κ3) is 2.69. The Balaban J connectivity index is 1.89. The predicted octanol–water partition coefficient (Wildman–Crippen LogP) is 4.61. The molecule has 0 unspecified atom stereocenters. The maximum absolute atomic E-state index is 13.2. The summed E-state index contributed by atoms with van der Waals surface area (Å²) in [5, 5.41) is 3.91. The van der Waals surface area contributed by atoms with Crippen LogP contribution in [0, 0.1) is 6.92 Å². The molecule has 3 aromatic rings. The van der Waals surface area contributed by atoms with Crippen LogP contribution in [0.4, 0.5) is 18.9 Å². The number of hydrogen-bond donors (Lipinski definition) is 2. The number of amides is 1. The van der Waals surface area contributed by atoms with Gasteiger partial charge in [0.25, 0.3) is 5.91 Å². The minimum absolute atomic E-state index is 0.241. The van der Waals surface area contributed by atoms with Crippen molar-refractivity contribution in [2.24, 2.45) is 0 Å². The monoisotopic (exact) mass is 359 g/mol. The number of benzene rings is 2. The van der Waals surface area contributed by atoms with E-state index in [4.69, 9.17) is 0 Å². The molecular weight excluding hydrogens is 343 g/mol. The molecular formula is C19H16F3N3O. The van der Waals surface area contributed by atoms with E-state index in [9.17, 15) is 18.0 Å². The summed E-state index contributed by atoms with van der Waals surface area (Å²) in [4.78, 5) is 16.9. The second kappa shape index (κ2) is 5.79. The maximum atomic E-state index is 13.2. The van der Waals surface area contributed by atoms with Crippen molar-refractivity contribution < 1.29 is 18.0 Å². The molecule has 1 aliphatic heterocycles. The highest BCUT2D eigenvalue weighted by Crippen LogP contribution is 2.39. The number of rotatable bonds is 2. The minimum atomic E-state index is -4.50. The summed E-state index contributed by atoms with van der Waals surface area (Å²) in [5.74, 6) is -0.633. The summed E-state index contributed by atoms with van der Waals surface area (Å²) in [7, 11) is 0. The fraction of sp³-hybridized carbons (Fsp3) is 0.211. The fourth-order valence-electron chi connectivity index (χ4n) is 3.53. The second-order valence-electron chi connectivity index (χ2n) is 6.35. The molecule has 1 atom stereocenters. The Bertz CT molecular complexity index is 993. The van der Waals surface area contributed by atoms with Crippen LogP contribution in [0.2, 0.25) is 0 Å². The molecule has 0 saturated heterocycles. The van der Waals surface area contributed by atoms with E-state index in [-0.39, 0.29) is 5.56 Å². The minimum Gasteiger partial charge on any atom is -0.361 e. The number of carbonyl (C=O) groups is 1. The first-order chi connectivity index (χ1) is 12.3. The van der Waals surface area contributed by atoms with E-state index in [0.29, 0.717) is 11.3 Å². The van der Waals surface area contributed by atoms with Crippen LogP contribution in [0.3, 0.4) is 0 Å². The smallest absolute Gasteiger partial charge is 0.361 e. The van der Waals surface area contributed by atoms with Gasteiger partial charge in [0, 0.05) is 27.8 Å². The van der Waals surface area contributed by atoms with Crippen molar-refractivity contribution in [3.63, 3.8) is 0 Å². The van der Waals surface area contributed by atoms with Crippen molar-refractivity contribution in [2.45, 2.75) is 19.3 Å². The highest BCUT2D eigenvalue weighted by Gasteiger charge is 2.41. The van der Waals surface area contributed by atoms with E-state index >= 15 is 0 Å². The van der Waals surface area contributed by atoms with Crippen LogP contribution >= 0.6 is 0 Å². The highest BCUT2D eigenvalue weighted by atomic mass is 19.4. The first kappa shape index (κ1) is 16.5. The molecule has 0 aliphatic carbocycles. The molecule has 4 rings (SSSR count). The average molecular weight is 359 g/mol. The third-order valence-corrected chi connectivity index (χ3v) is 4.59. The summed E-state index contributed by atoms with van der Waals surface area (Å²) < 4.78 is 39.6. The molecule has 0 radical (unpaired) electrons. The molecule has 7 heteroatoms. The average Bonchev–Trinajstić information content (AvgIpc) is 2.92. The number of aromatic amines is 1. The van der Waals surface area contributed by atoms with Gasteiger partial charge >= 0.3 is 6.18 Å². The summed E-state index contributed by atoms with van der Waals surface area (Å²) in [5.41, 5.74) is 2.96. The molecule has 26 heavy (non-hydrogen) atoms. The molecule has 0 saturated carbocycles. The molecule has 2 heterocycles. The van der Waals surface area contributed by atoms with Gasteiger partial charge in [-0.05, 0) is 25.1 Å². The summed E-state index contributed by atoms with van der Waals surface area (Å²) in [6.45, 7) is 0.477. The highest BCUT2D eigenvalue weighted by molar-refractivity contribution is 6.02. The Morgan fingerprint density at radius 2 is 1.77 bits per heavy atom. The Kier molecular flexibility index (Phi) is 3.68. The number of carbonyl (C=O) groups excluding carboxylic acids is 1. The van der Waals surface area contributed by atoms with Gasteiger partial charge in [0.1, 0.15) is 12.7 Å². The predicted molar refractivity (Wildman–Crippen MR) is 92.9 cm³/mol. The first-order valence-electron chi connectivity index (χ1n) is 8.15. The largest absolute Gasteiger partial charge is 0.406 e. The molecule has 0 spiro atoms. The van der Waals surface area contributed by atoms with Crippen molar-refractivity contribution in [1.29, 1.82) is 0 Å². The van der Waals surface area contributed by atoms with Gasteiger partial charge in [-0.25, -0.2) is 0 Å². The van der Waals surface area contributed by atoms with Crippen LogP contribution in [0.1, 0.15) is 27.8 Å². The number of alkyl halides is 3. The van der Waals surface area contributed by atoms with E-state index in [2.05, 4.69) is 10.3 Å². The lowest BCUT2D eigenvalue weighted by Crippen LogP contribution is -2.47. The SMILES string of the molecule is Cc1[nH]c2ccccc2c1[C@@H]1Nc2ccccc2C(=O)N1CC(F)(F)F. The van der Waals surface area contributed by atoms with Gasteiger partial charge in [-0.2, -0.15) is 13.2 Å². The van der Waals surface area contributed by atoms with Gasteiger partial charge in [-0.1, -0.05) is 30.3 Å². The van der Waals surface area contributed by atoms with Gasteiger partial charge in [-0.3, -0.25) is 4.79 Å². The number of nitrogens with one attached hydrogen (secondary N) is 2. The molecule has 134 valence electrons. The molecule has 4 nitrogen and oxygen atoms in total. The summed E-state index contributed by atoms with van der Waals surface area (Å²) in [6, 6.07) is 14.0. The quantitative estimate of drug-likeness (QED) is 0.702. The Morgan fingerprint density at radius 3 is 2.54 bits per heavy atom. The zero-order valence-corrected chi connectivity index (χ0v) is 13.9. The van der Waals surface area contributed by atoms with E-state index in [1.165, 1.54) is 6.07 Å². The molecule has 2 aromatic carbocycles. The number of H-pyrrole nitrogens is 1. The van der Waals surface area contributed by atoms with Crippen LogP contribution in [0.25, 0.3) is 10.9 Å². The van der Waals surface area contributed by atoms with E-state index in [0.717, 1.165) is 21.5 Å². The van der Waals surface area contributed by atoms with Crippen LogP contribution in [0.5, 0.6) is 0 Å². The molecule has 0 bridgehead atoms. The van der Waals surface area contributed by atoms with E-state index in [1.807, 2.05) is 24.3 Å². The van der Waals surface area contributed by atoms with Gasteiger partial charge in [0.05, 0.1) is 5.56 Å². The lowest BCUT2D eigenvalue weighted by molar-refractivity contribution is -0.144. The molecule has 1 aliphatic rings. The van der Waals surface area contributed by atoms with Gasteiger partial charge in [0.2, 0.25) is 0 Å². The normalized spacial score (nSPS) is 17.3. The van der Waals surface area contributed by atoms with Crippen molar-refractivity contribution >= 4 is 22.5 Å². The topological polar surface area (TPSA) is 48.1 Å². The third-order valence-electron chi connectivity index (χ3n) is 4.59. The number of nitrogens with zero attached hydrogens (tertiary/aromatic N) is 1. The Hall–Kier alpha value is -2.96. The Labute approximate surface area is 147 Å². The zero-order valence-electron chi connectivity index (χ0n) is 13.9. The fourth-order valence-corrected chi connectivity index (χ4v) is 3.53. The van der Waals surface area contributed by atoms with Crippen molar-refractivity contribution in [3.8, 4) is 0 Å². The first-order valence-corrected chi connectivity index (χ1v) is 8.15. The summed E-state index contributed by atoms with van der Waals surface area (Å²) in [6.07, 6.45) is -5.41. The standard InChI is InChI=1S/C19H16F3N3O/c1-11-16(12-6-2-4-8-14(12)23-11)17-24-15-9-5-3-7-13(15)18(26)25(17)10-19(20,21)22/h2-9,17,23-24H,10H2,1H3/t17-/m1/s1. The molecule has 1 amide bonds. The van der Waals surface area contributed by atoms with Crippen LogP contribution < -0.4 is 5.32 Å². The second-order valence-corrected chi connectivity index (χ2v) is 6.35. The zero-order chi connectivity index (χ0) is 18.5. The molecule has 0 fully saturated rings. The van der Waals surface area contributed by atoms with Gasteiger partial charge in [-0.15, -0.1) is 0 Å². The van der Waals surface area contributed by atoms with Crippen molar-refractivity contribution in [2.75, 3.05) is 11.9 Å². The van der Waals surface area contributed by atoms with Crippen molar-refractivity contribution in [1.82, 2.24) is 9.88 Å². The van der Waals surface area contributed by atoms with Crippen LogP contribution in [-0.2, 0) is 0 Å².